The maximum atomic E-state index is 13.4. The van der Waals surface area contributed by atoms with Crippen LogP contribution >= 0.6 is 0 Å². The van der Waals surface area contributed by atoms with Gasteiger partial charge in [0.2, 0.25) is 5.91 Å². The van der Waals surface area contributed by atoms with Gasteiger partial charge in [-0.15, -0.1) is 0 Å². The fourth-order valence-electron chi connectivity index (χ4n) is 5.36. The zero-order valence-corrected chi connectivity index (χ0v) is 19.4. The number of benzene rings is 1. The summed E-state index contributed by atoms with van der Waals surface area (Å²) in [6.45, 7) is 0.672. The van der Waals surface area contributed by atoms with Gasteiger partial charge in [0.15, 0.2) is 0 Å². The van der Waals surface area contributed by atoms with Gasteiger partial charge in [-0.25, -0.2) is 5.01 Å². The van der Waals surface area contributed by atoms with Crippen LogP contribution in [0.4, 0.5) is 5.69 Å². The van der Waals surface area contributed by atoms with Crippen LogP contribution in [0.2, 0.25) is 0 Å². The Morgan fingerprint density at radius 1 is 1.15 bits per heavy atom. The molecule has 7 heteroatoms. The quantitative estimate of drug-likeness (QED) is 0.668. The first-order valence-corrected chi connectivity index (χ1v) is 11.8. The van der Waals surface area contributed by atoms with Crippen LogP contribution in [0.15, 0.2) is 59.4 Å². The lowest BCUT2D eigenvalue weighted by atomic mass is 9.92. The number of aliphatic imine (C=N–C) groups is 1. The van der Waals surface area contributed by atoms with Crippen LogP contribution in [-0.2, 0) is 16.0 Å². The Morgan fingerprint density at radius 3 is 2.82 bits per heavy atom. The standard InChI is InChI=1S/C26H31N5O2/c1-28-16-14-27-17-24(28)20-9-6-10-23-21(20)13-15-30(23)26(33)18-31-25(32)12-11-22(29(31)2)19-7-4-3-5-8-19/h6-7,9-12,14,16-17,22,24H,3-5,8,13,15,18H2,1-2H3. The van der Waals surface area contributed by atoms with Crippen LogP contribution in [0.25, 0.3) is 0 Å². The van der Waals surface area contributed by atoms with Crippen molar-refractivity contribution >= 4 is 23.7 Å². The zero-order chi connectivity index (χ0) is 22.9. The van der Waals surface area contributed by atoms with Crippen molar-refractivity contribution in [3.8, 4) is 0 Å². The molecule has 0 bridgehead atoms. The highest BCUT2D eigenvalue weighted by Gasteiger charge is 2.34. The molecule has 1 aliphatic carbocycles. The summed E-state index contributed by atoms with van der Waals surface area (Å²) >= 11 is 0. The molecule has 2 unspecified atom stereocenters. The predicted octanol–water partition coefficient (Wildman–Crippen LogP) is 3.22. The summed E-state index contributed by atoms with van der Waals surface area (Å²) in [5.74, 6) is -0.193. The molecule has 0 saturated carbocycles. The summed E-state index contributed by atoms with van der Waals surface area (Å²) in [5.41, 5.74) is 4.65. The van der Waals surface area contributed by atoms with Crippen molar-refractivity contribution in [2.75, 3.05) is 32.1 Å². The van der Waals surface area contributed by atoms with E-state index in [0.717, 1.165) is 24.9 Å². The van der Waals surface area contributed by atoms with Crippen LogP contribution in [-0.4, -0.2) is 66.2 Å². The summed E-state index contributed by atoms with van der Waals surface area (Å²) < 4.78 is 0. The summed E-state index contributed by atoms with van der Waals surface area (Å²) in [7, 11) is 3.95. The van der Waals surface area contributed by atoms with Crippen molar-refractivity contribution in [3.05, 3.63) is 65.5 Å². The molecule has 0 N–H and O–H groups in total. The second-order valence-corrected chi connectivity index (χ2v) is 9.15. The number of allylic oxidation sites excluding steroid dienone is 1. The van der Waals surface area contributed by atoms with Gasteiger partial charge in [0.05, 0.1) is 12.1 Å². The normalized spacial score (nSPS) is 25.0. The number of carbonyl (C=O) groups is 2. The molecule has 4 aliphatic rings. The van der Waals surface area contributed by atoms with Crippen LogP contribution in [0, 0.1) is 0 Å². The third-order valence-electron chi connectivity index (χ3n) is 7.19. The Labute approximate surface area is 195 Å². The number of anilines is 1. The summed E-state index contributed by atoms with van der Waals surface area (Å²) in [5, 5.41) is 3.53. The van der Waals surface area contributed by atoms with Gasteiger partial charge < -0.3 is 9.80 Å². The third kappa shape index (κ3) is 4.02. The number of rotatable bonds is 4. The van der Waals surface area contributed by atoms with Gasteiger partial charge in [-0.2, -0.15) is 0 Å². The first-order chi connectivity index (χ1) is 16.0. The highest BCUT2D eigenvalue weighted by Crippen LogP contribution is 2.36. The predicted molar refractivity (Wildman–Crippen MR) is 130 cm³/mol. The van der Waals surface area contributed by atoms with Gasteiger partial charge in [-0.1, -0.05) is 29.9 Å². The molecular formula is C26H31N5O2. The average Bonchev–Trinajstić information content (AvgIpc) is 3.27. The summed E-state index contributed by atoms with van der Waals surface area (Å²) in [6, 6.07) is 6.24. The molecule has 5 rings (SSSR count). The molecule has 2 atom stereocenters. The van der Waals surface area contributed by atoms with Gasteiger partial charge in [0.1, 0.15) is 6.54 Å². The SMILES string of the molecule is CN1C=CN=CC1c1cccc2c1CCN2C(=O)CN1C(=O)C=CC(C2=CCCCC2)N1C. The van der Waals surface area contributed by atoms with E-state index in [9.17, 15) is 9.59 Å². The number of fused-ring (bicyclic) bond motifs is 1. The second kappa shape index (κ2) is 8.98. The Bertz CT molecular complexity index is 1070. The molecular weight excluding hydrogens is 414 g/mol. The maximum Gasteiger partial charge on any atom is 0.261 e. The molecule has 0 spiro atoms. The van der Waals surface area contributed by atoms with Crippen molar-refractivity contribution in [1.82, 2.24) is 14.9 Å². The monoisotopic (exact) mass is 445 g/mol. The van der Waals surface area contributed by atoms with E-state index in [1.807, 2.05) is 54.6 Å². The lowest BCUT2D eigenvalue weighted by Crippen LogP contribution is -2.55. The van der Waals surface area contributed by atoms with Crippen LogP contribution < -0.4 is 4.90 Å². The Hall–Kier alpha value is -3.19. The molecule has 0 radical (unpaired) electrons. The van der Waals surface area contributed by atoms with E-state index < -0.39 is 0 Å². The fourth-order valence-corrected chi connectivity index (χ4v) is 5.36. The van der Waals surface area contributed by atoms with Gasteiger partial charge in [0.25, 0.3) is 5.91 Å². The van der Waals surface area contributed by atoms with E-state index in [1.54, 1.807) is 17.3 Å². The number of carbonyl (C=O) groups excluding carboxylic acids is 2. The van der Waals surface area contributed by atoms with E-state index >= 15 is 0 Å². The van der Waals surface area contributed by atoms with Crippen LogP contribution in [0.5, 0.6) is 0 Å². The van der Waals surface area contributed by atoms with Crippen molar-refractivity contribution < 1.29 is 9.59 Å². The largest absolute Gasteiger partial charge is 0.367 e. The van der Waals surface area contributed by atoms with Gasteiger partial charge >= 0.3 is 0 Å². The molecule has 3 aliphatic heterocycles. The number of nitrogens with zero attached hydrogens (tertiary/aromatic N) is 5. The van der Waals surface area contributed by atoms with E-state index in [4.69, 9.17) is 0 Å². The maximum absolute atomic E-state index is 13.4. The smallest absolute Gasteiger partial charge is 0.261 e. The highest BCUT2D eigenvalue weighted by molar-refractivity contribution is 6.00. The molecule has 1 aromatic rings. The average molecular weight is 446 g/mol. The Morgan fingerprint density at radius 2 is 2.03 bits per heavy atom. The minimum absolute atomic E-state index is 0.0423. The van der Waals surface area contributed by atoms with E-state index in [2.05, 4.69) is 22.0 Å². The number of hydrogen-bond acceptors (Lipinski definition) is 5. The number of hydrazine groups is 1. The van der Waals surface area contributed by atoms with Crippen LogP contribution in [0.3, 0.4) is 0 Å². The number of likely N-dealkylation sites (N-methyl/N-ethyl adjacent to an activating group) is 1. The Kier molecular flexibility index (Phi) is 5.89. The van der Waals surface area contributed by atoms with Crippen molar-refractivity contribution in [1.29, 1.82) is 0 Å². The minimum Gasteiger partial charge on any atom is -0.367 e. The molecule has 0 aromatic heterocycles. The number of hydrogen-bond donors (Lipinski definition) is 0. The molecule has 0 saturated heterocycles. The first-order valence-electron chi connectivity index (χ1n) is 11.8. The van der Waals surface area contributed by atoms with Gasteiger partial charge in [-0.05, 0) is 49.3 Å². The van der Waals surface area contributed by atoms with E-state index in [0.29, 0.717) is 6.54 Å². The molecule has 33 heavy (non-hydrogen) atoms. The number of amides is 2. The van der Waals surface area contributed by atoms with E-state index in [-0.39, 0.29) is 30.4 Å². The zero-order valence-electron chi connectivity index (χ0n) is 19.4. The minimum atomic E-state index is -0.140. The molecule has 7 nitrogen and oxygen atoms in total. The van der Waals surface area contributed by atoms with Crippen molar-refractivity contribution in [2.24, 2.45) is 4.99 Å². The first kappa shape index (κ1) is 21.6. The molecule has 2 amide bonds. The van der Waals surface area contributed by atoms with E-state index in [1.165, 1.54) is 29.5 Å². The topological polar surface area (TPSA) is 59.5 Å². The molecule has 172 valence electrons. The lowest BCUT2D eigenvalue weighted by Gasteiger charge is -2.40. The fraction of sp³-hybridized carbons (Fsp3) is 0.423. The van der Waals surface area contributed by atoms with Crippen molar-refractivity contribution in [3.63, 3.8) is 0 Å². The van der Waals surface area contributed by atoms with Gasteiger partial charge in [0, 0.05) is 51.0 Å². The third-order valence-corrected chi connectivity index (χ3v) is 7.19. The molecule has 3 heterocycles. The summed E-state index contributed by atoms with van der Waals surface area (Å²) in [6.07, 6.45) is 16.9. The Balaban J connectivity index is 1.34. The molecule has 1 aromatic carbocycles. The highest BCUT2D eigenvalue weighted by atomic mass is 16.2. The van der Waals surface area contributed by atoms with Crippen LogP contribution in [0.1, 0.15) is 42.9 Å². The lowest BCUT2D eigenvalue weighted by molar-refractivity contribution is -0.149. The molecule has 0 fully saturated rings. The van der Waals surface area contributed by atoms with Gasteiger partial charge in [-0.3, -0.25) is 19.6 Å². The second-order valence-electron chi connectivity index (χ2n) is 9.15. The summed E-state index contributed by atoms with van der Waals surface area (Å²) in [4.78, 5) is 34.4. The van der Waals surface area contributed by atoms with Crippen molar-refractivity contribution in [2.45, 2.75) is 44.2 Å².